The Hall–Kier alpha value is -2.24. The summed E-state index contributed by atoms with van der Waals surface area (Å²) >= 11 is 6.89. The topological polar surface area (TPSA) is 37.3 Å². The zero-order chi connectivity index (χ0) is 17.6. The molecule has 0 aliphatic rings. The van der Waals surface area contributed by atoms with E-state index >= 15 is 0 Å². The minimum atomic E-state index is 0.641. The van der Waals surface area contributed by atoms with Crippen LogP contribution in [0.4, 0.5) is 0 Å². The quantitative estimate of drug-likeness (QED) is 0.398. The highest BCUT2D eigenvalue weighted by atomic mass is 32.2. The van der Waals surface area contributed by atoms with Crippen LogP contribution in [0.5, 0.6) is 0 Å². The van der Waals surface area contributed by atoms with E-state index in [-0.39, 0.29) is 0 Å². The van der Waals surface area contributed by atoms with Gasteiger partial charge in [-0.2, -0.15) is 5.10 Å². The van der Waals surface area contributed by atoms with Gasteiger partial charge in [-0.05, 0) is 31.5 Å². The second-order valence-electron chi connectivity index (χ2n) is 5.75. The van der Waals surface area contributed by atoms with Crippen molar-refractivity contribution in [1.29, 1.82) is 0 Å². The lowest BCUT2D eigenvalue weighted by Gasteiger charge is -2.06. The van der Waals surface area contributed by atoms with E-state index in [0.29, 0.717) is 4.32 Å². The highest BCUT2D eigenvalue weighted by Gasteiger charge is 2.02. The van der Waals surface area contributed by atoms with Crippen molar-refractivity contribution in [1.82, 2.24) is 10.4 Å². The molecule has 0 spiro atoms. The average molecular weight is 366 g/mol. The third-order valence-corrected chi connectivity index (χ3v) is 5.00. The predicted molar refractivity (Wildman–Crippen MR) is 112 cm³/mol. The second-order valence-corrected chi connectivity index (χ2v) is 7.40. The molecule has 1 heterocycles. The fraction of sp³-hybridized carbons (Fsp3) is 0.150. The molecule has 0 unspecified atom stereocenters. The number of rotatable bonds is 4. The number of nitrogens with one attached hydrogen (secondary N) is 1. The standard InChI is InChI=1S/C20H19N3S2/c1-14-6-5-8-17(12-14)15(2)22-23-20(24)25-13-18-11-10-16-7-3-4-9-19(16)21-18/h3-12H,13H2,1-2H3,(H,23,24). The molecule has 0 aliphatic heterocycles. The summed E-state index contributed by atoms with van der Waals surface area (Å²) in [6, 6.07) is 20.5. The van der Waals surface area contributed by atoms with Gasteiger partial charge in [-0.3, -0.25) is 10.4 Å². The maximum atomic E-state index is 5.36. The monoisotopic (exact) mass is 365 g/mol. The van der Waals surface area contributed by atoms with Gasteiger partial charge in [0.25, 0.3) is 0 Å². The first-order valence-electron chi connectivity index (χ1n) is 8.00. The van der Waals surface area contributed by atoms with Crippen molar-refractivity contribution in [2.45, 2.75) is 19.6 Å². The fourth-order valence-electron chi connectivity index (χ4n) is 2.42. The zero-order valence-electron chi connectivity index (χ0n) is 14.2. The number of nitrogens with zero attached hydrogens (tertiary/aromatic N) is 2. The Bertz CT molecular complexity index is 935. The molecule has 25 heavy (non-hydrogen) atoms. The number of hydrogen-bond donors (Lipinski definition) is 1. The van der Waals surface area contributed by atoms with Crippen LogP contribution in [-0.4, -0.2) is 15.0 Å². The molecule has 0 aliphatic carbocycles. The van der Waals surface area contributed by atoms with Gasteiger partial charge in [0.05, 0.1) is 16.9 Å². The van der Waals surface area contributed by atoms with Crippen molar-refractivity contribution in [3.8, 4) is 0 Å². The second kappa shape index (κ2) is 8.23. The lowest BCUT2D eigenvalue weighted by molar-refractivity contribution is 1.06. The molecule has 3 aromatic rings. The number of para-hydroxylation sites is 1. The van der Waals surface area contributed by atoms with Crippen LogP contribution < -0.4 is 5.43 Å². The number of pyridine rings is 1. The first-order chi connectivity index (χ1) is 12.1. The molecule has 0 radical (unpaired) electrons. The van der Waals surface area contributed by atoms with Crippen molar-refractivity contribution in [3.05, 3.63) is 77.5 Å². The van der Waals surface area contributed by atoms with E-state index in [2.05, 4.69) is 46.7 Å². The van der Waals surface area contributed by atoms with E-state index < -0.39 is 0 Å². The van der Waals surface area contributed by atoms with Crippen molar-refractivity contribution in [2.24, 2.45) is 5.10 Å². The maximum absolute atomic E-state index is 5.36. The SMILES string of the molecule is CC(=NNC(=S)SCc1ccc2ccccc2n1)c1cccc(C)c1. The number of hydrogen-bond acceptors (Lipinski definition) is 4. The number of hydrazone groups is 1. The van der Waals surface area contributed by atoms with Gasteiger partial charge in [-0.15, -0.1) is 0 Å². The van der Waals surface area contributed by atoms with Crippen LogP contribution in [0.25, 0.3) is 10.9 Å². The normalized spacial score (nSPS) is 11.5. The van der Waals surface area contributed by atoms with Gasteiger partial charge in [-0.1, -0.05) is 78.1 Å². The summed E-state index contributed by atoms with van der Waals surface area (Å²) in [5, 5.41) is 5.53. The zero-order valence-corrected chi connectivity index (χ0v) is 15.8. The van der Waals surface area contributed by atoms with Gasteiger partial charge in [0.1, 0.15) is 0 Å². The molecule has 0 fully saturated rings. The highest BCUT2D eigenvalue weighted by Crippen LogP contribution is 2.16. The molecule has 3 rings (SSSR count). The molecule has 1 aromatic heterocycles. The van der Waals surface area contributed by atoms with Gasteiger partial charge in [-0.25, -0.2) is 0 Å². The molecule has 0 amide bonds. The predicted octanol–water partition coefficient (Wildman–Crippen LogP) is 5.08. The van der Waals surface area contributed by atoms with Crippen molar-refractivity contribution >= 4 is 44.9 Å². The summed E-state index contributed by atoms with van der Waals surface area (Å²) in [7, 11) is 0. The van der Waals surface area contributed by atoms with Crippen LogP contribution >= 0.6 is 24.0 Å². The van der Waals surface area contributed by atoms with Crippen LogP contribution in [-0.2, 0) is 5.75 Å². The largest absolute Gasteiger partial charge is 0.262 e. The van der Waals surface area contributed by atoms with E-state index in [1.165, 1.54) is 17.3 Å². The van der Waals surface area contributed by atoms with Crippen LogP contribution in [0.3, 0.4) is 0 Å². The lowest BCUT2D eigenvalue weighted by Crippen LogP contribution is -2.14. The Morgan fingerprint density at radius 3 is 2.80 bits per heavy atom. The number of aromatic nitrogens is 1. The fourth-order valence-corrected chi connectivity index (χ4v) is 3.20. The van der Waals surface area contributed by atoms with Crippen LogP contribution in [0.2, 0.25) is 0 Å². The maximum Gasteiger partial charge on any atom is 0.154 e. The molecule has 3 nitrogen and oxygen atoms in total. The Morgan fingerprint density at radius 2 is 1.96 bits per heavy atom. The summed E-state index contributed by atoms with van der Waals surface area (Å²) in [4.78, 5) is 4.66. The van der Waals surface area contributed by atoms with Crippen molar-refractivity contribution in [3.63, 3.8) is 0 Å². The Balaban J connectivity index is 1.57. The molecule has 2 aromatic carbocycles. The first-order valence-corrected chi connectivity index (χ1v) is 9.40. The van der Waals surface area contributed by atoms with Crippen molar-refractivity contribution < 1.29 is 0 Å². The van der Waals surface area contributed by atoms with Gasteiger partial charge in [0.2, 0.25) is 0 Å². The van der Waals surface area contributed by atoms with Crippen molar-refractivity contribution in [2.75, 3.05) is 0 Å². The number of thioether (sulfide) groups is 1. The lowest BCUT2D eigenvalue weighted by atomic mass is 10.1. The van der Waals surface area contributed by atoms with Gasteiger partial charge < -0.3 is 0 Å². The van der Waals surface area contributed by atoms with Gasteiger partial charge in [0.15, 0.2) is 4.32 Å². The summed E-state index contributed by atoms with van der Waals surface area (Å²) in [5.41, 5.74) is 8.20. The minimum Gasteiger partial charge on any atom is -0.262 e. The molecule has 0 saturated heterocycles. The summed E-state index contributed by atoms with van der Waals surface area (Å²) in [6.45, 7) is 4.04. The first kappa shape index (κ1) is 17.6. The van der Waals surface area contributed by atoms with E-state index in [1.807, 2.05) is 43.3 Å². The van der Waals surface area contributed by atoms with E-state index in [1.54, 1.807) is 0 Å². The third kappa shape index (κ3) is 4.87. The molecule has 5 heteroatoms. The van der Waals surface area contributed by atoms with E-state index in [4.69, 9.17) is 12.2 Å². The number of fused-ring (bicyclic) bond motifs is 1. The molecular formula is C20H19N3S2. The smallest absolute Gasteiger partial charge is 0.154 e. The summed E-state index contributed by atoms with van der Waals surface area (Å²) in [5.74, 6) is 0.718. The van der Waals surface area contributed by atoms with Gasteiger partial charge >= 0.3 is 0 Å². The average Bonchev–Trinajstić information content (AvgIpc) is 2.64. The molecule has 1 N–H and O–H groups in total. The van der Waals surface area contributed by atoms with Crippen LogP contribution in [0.15, 0.2) is 65.8 Å². The molecule has 0 bridgehead atoms. The van der Waals surface area contributed by atoms with E-state index in [0.717, 1.165) is 33.6 Å². The Labute approximate surface area is 157 Å². The van der Waals surface area contributed by atoms with E-state index in [9.17, 15) is 0 Å². The highest BCUT2D eigenvalue weighted by molar-refractivity contribution is 8.22. The minimum absolute atomic E-state index is 0.641. The van der Waals surface area contributed by atoms with Crippen LogP contribution in [0, 0.1) is 6.92 Å². The molecule has 0 saturated carbocycles. The molecule has 0 atom stereocenters. The van der Waals surface area contributed by atoms with Gasteiger partial charge in [0, 0.05) is 11.1 Å². The number of thiocarbonyl (C=S) groups is 1. The Kier molecular flexibility index (Phi) is 5.79. The third-order valence-electron chi connectivity index (χ3n) is 3.76. The summed E-state index contributed by atoms with van der Waals surface area (Å²) in [6.07, 6.45) is 0. The molecule has 126 valence electrons. The molecular weight excluding hydrogens is 346 g/mol. The number of aryl methyl sites for hydroxylation is 1. The Morgan fingerprint density at radius 1 is 1.12 bits per heavy atom. The summed E-state index contributed by atoms with van der Waals surface area (Å²) < 4.78 is 0.641. The van der Waals surface area contributed by atoms with Crippen LogP contribution in [0.1, 0.15) is 23.7 Å². The number of benzene rings is 2.